The lowest BCUT2D eigenvalue weighted by Gasteiger charge is -2.24. The van der Waals surface area contributed by atoms with Crippen molar-refractivity contribution in [2.24, 2.45) is 0 Å². The molecule has 0 spiro atoms. The van der Waals surface area contributed by atoms with Gasteiger partial charge in [0.05, 0.1) is 16.3 Å². The van der Waals surface area contributed by atoms with E-state index < -0.39 is 0 Å². The molecule has 0 aromatic heterocycles. The van der Waals surface area contributed by atoms with Crippen molar-refractivity contribution in [3.8, 4) is 0 Å². The summed E-state index contributed by atoms with van der Waals surface area (Å²) in [5, 5.41) is 3.30. The monoisotopic (exact) mass is 460 g/mol. The van der Waals surface area contributed by atoms with Crippen molar-refractivity contribution in [1.82, 2.24) is 0 Å². The molecular weight excluding hydrogens is 446 g/mol. The molecule has 1 aliphatic rings. The molecule has 3 aromatic rings. The first-order valence-electron chi connectivity index (χ1n) is 8.98. The topological polar surface area (TPSA) is 49.4 Å². The predicted octanol–water partition coefficient (Wildman–Crippen LogP) is 6.16. The Morgan fingerprint density at radius 2 is 1.73 bits per heavy atom. The van der Waals surface area contributed by atoms with Crippen LogP contribution in [0.5, 0.6) is 0 Å². The van der Waals surface area contributed by atoms with Crippen LogP contribution in [0.25, 0.3) is 0 Å². The van der Waals surface area contributed by atoms with Gasteiger partial charge in [0.2, 0.25) is 5.91 Å². The maximum atomic E-state index is 13.2. The molecule has 1 heterocycles. The number of nitrogens with one attached hydrogen (secondary N) is 1. The van der Waals surface area contributed by atoms with Crippen LogP contribution in [0.4, 0.5) is 15.8 Å². The minimum atomic E-state index is -0.351. The lowest BCUT2D eigenvalue weighted by atomic mass is 10.1. The van der Waals surface area contributed by atoms with E-state index in [0.29, 0.717) is 27.7 Å². The Bertz CT molecular complexity index is 1110. The predicted molar refractivity (Wildman–Crippen MR) is 120 cm³/mol. The van der Waals surface area contributed by atoms with Gasteiger partial charge in [-0.15, -0.1) is 11.8 Å². The van der Waals surface area contributed by atoms with E-state index in [1.165, 1.54) is 30.0 Å². The van der Waals surface area contributed by atoms with Gasteiger partial charge in [0, 0.05) is 16.4 Å². The summed E-state index contributed by atoms with van der Waals surface area (Å²) in [6, 6.07) is 17.8. The summed E-state index contributed by atoms with van der Waals surface area (Å²) in [7, 11) is 0. The van der Waals surface area contributed by atoms with E-state index in [1.807, 2.05) is 12.1 Å². The van der Waals surface area contributed by atoms with E-state index in [2.05, 4.69) is 5.32 Å². The average molecular weight is 461 g/mol. The van der Waals surface area contributed by atoms with Gasteiger partial charge >= 0.3 is 0 Å². The first-order valence-corrected chi connectivity index (χ1v) is 10.8. The zero-order valence-corrected chi connectivity index (χ0v) is 17.8. The summed E-state index contributed by atoms with van der Waals surface area (Å²) < 4.78 is 13.2. The highest BCUT2D eigenvalue weighted by Crippen LogP contribution is 2.42. The molecule has 1 fully saturated rings. The molecule has 1 saturated heterocycles. The van der Waals surface area contributed by atoms with Crippen molar-refractivity contribution >= 4 is 58.2 Å². The maximum absolute atomic E-state index is 13.2. The van der Waals surface area contributed by atoms with Crippen LogP contribution in [0.3, 0.4) is 0 Å². The van der Waals surface area contributed by atoms with Crippen LogP contribution < -0.4 is 10.2 Å². The lowest BCUT2D eigenvalue weighted by Crippen LogP contribution is -2.27. The standard InChI is InChI=1S/C22H15Cl2FN2O2S/c23-14-3-10-18(19(24)11-14)21(29)26-16-6-1-13(2-7-16)22-27(20(28)12-30-22)17-8-4-15(25)5-9-17/h1-11,22H,12H2,(H,26,29). The highest BCUT2D eigenvalue weighted by Gasteiger charge is 2.34. The molecule has 4 rings (SSSR count). The van der Waals surface area contributed by atoms with Crippen LogP contribution in [0.1, 0.15) is 21.3 Å². The average Bonchev–Trinajstić information content (AvgIpc) is 3.10. The second-order valence-electron chi connectivity index (χ2n) is 6.60. The summed E-state index contributed by atoms with van der Waals surface area (Å²) in [4.78, 5) is 26.5. The van der Waals surface area contributed by atoms with Crippen LogP contribution >= 0.6 is 35.0 Å². The molecule has 0 radical (unpaired) electrons. The van der Waals surface area contributed by atoms with Crippen LogP contribution in [-0.2, 0) is 4.79 Å². The molecule has 0 aliphatic carbocycles. The molecular formula is C22H15Cl2FN2O2S. The summed E-state index contributed by atoms with van der Waals surface area (Å²) >= 11 is 13.5. The van der Waals surface area contributed by atoms with Gasteiger partial charge in [-0.25, -0.2) is 4.39 Å². The molecule has 1 aliphatic heterocycles. The highest BCUT2D eigenvalue weighted by atomic mass is 35.5. The molecule has 1 N–H and O–H groups in total. The fourth-order valence-electron chi connectivity index (χ4n) is 3.15. The molecule has 1 atom stereocenters. The van der Waals surface area contributed by atoms with Crippen molar-refractivity contribution < 1.29 is 14.0 Å². The number of carbonyl (C=O) groups is 2. The number of hydrogen-bond donors (Lipinski definition) is 1. The maximum Gasteiger partial charge on any atom is 0.257 e. The Morgan fingerprint density at radius 1 is 1.03 bits per heavy atom. The summed E-state index contributed by atoms with van der Waals surface area (Å²) in [5.41, 5.74) is 2.46. The van der Waals surface area contributed by atoms with Crippen molar-refractivity contribution in [2.45, 2.75) is 5.37 Å². The van der Waals surface area contributed by atoms with Gasteiger partial charge in [0.1, 0.15) is 11.2 Å². The SMILES string of the molecule is O=C(Nc1ccc(C2SCC(=O)N2c2ccc(F)cc2)cc1)c1ccc(Cl)cc1Cl. The van der Waals surface area contributed by atoms with Crippen LogP contribution in [0.15, 0.2) is 66.7 Å². The van der Waals surface area contributed by atoms with Gasteiger partial charge in [-0.05, 0) is 60.2 Å². The second kappa shape index (κ2) is 8.68. The number of halogens is 3. The normalized spacial score (nSPS) is 16.0. The Morgan fingerprint density at radius 3 is 2.40 bits per heavy atom. The quantitative estimate of drug-likeness (QED) is 0.506. The zero-order chi connectivity index (χ0) is 21.3. The third kappa shape index (κ3) is 4.31. The number of rotatable bonds is 4. The molecule has 8 heteroatoms. The molecule has 1 unspecified atom stereocenters. The molecule has 0 saturated carbocycles. The molecule has 3 aromatic carbocycles. The van der Waals surface area contributed by atoms with E-state index in [1.54, 1.807) is 41.3 Å². The Hall–Kier alpha value is -2.54. The summed E-state index contributed by atoms with van der Waals surface area (Å²) in [5.74, 6) is -0.389. The fraction of sp³-hybridized carbons (Fsp3) is 0.0909. The van der Waals surface area contributed by atoms with Gasteiger partial charge in [-0.1, -0.05) is 35.3 Å². The Labute approximate surface area is 187 Å². The third-order valence-electron chi connectivity index (χ3n) is 4.60. The van der Waals surface area contributed by atoms with E-state index >= 15 is 0 Å². The zero-order valence-electron chi connectivity index (χ0n) is 15.4. The number of benzene rings is 3. The lowest BCUT2D eigenvalue weighted by molar-refractivity contribution is -0.115. The van der Waals surface area contributed by atoms with Crippen molar-refractivity contribution in [3.05, 3.63) is 93.7 Å². The molecule has 152 valence electrons. The number of anilines is 2. The Balaban J connectivity index is 1.52. The largest absolute Gasteiger partial charge is 0.322 e. The molecule has 30 heavy (non-hydrogen) atoms. The van der Waals surface area contributed by atoms with Crippen molar-refractivity contribution in [3.63, 3.8) is 0 Å². The van der Waals surface area contributed by atoms with Crippen molar-refractivity contribution in [2.75, 3.05) is 16.0 Å². The second-order valence-corrected chi connectivity index (χ2v) is 8.52. The number of hydrogen-bond acceptors (Lipinski definition) is 3. The van der Waals surface area contributed by atoms with Crippen molar-refractivity contribution in [1.29, 1.82) is 0 Å². The molecule has 2 amide bonds. The van der Waals surface area contributed by atoms with Gasteiger partial charge in [-0.2, -0.15) is 0 Å². The number of amides is 2. The first kappa shape index (κ1) is 20.7. The number of nitrogens with zero attached hydrogens (tertiary/aromatic N) is 1. The van der Waals surface area contributed by atoms with E-state index in [4.69, 9.17) is 23.2 Å². The highest BCUT2D eigenvalue weighted by molar-refractivity contribution is 8.00. The van der Waals surface area contributed by atoms with Crippen LogP contribution in [-0.4, -0.2) is 17.6 Å². The van der Waals surface area contributed by atoms with Crippen LogP contribution in [0, 0.1) is 5.82 Å². The number of carbonyl (C=O) groups excluding carboxylic acids is 2. The fourth-order valence-corrected chi connectivity index (χ4v) is 4.83. The minimum Gasteiger partial charge on any atom is -0.322 e. The third-order valence-corrected chi connectivity index (χ3v) is 6.36. The summed E-state index contributed by atoms with van der Waals surface area (Å²) in [6.45, 7) is 0. The van der Waals surface area contributed by atoms with Gasteiger partial charge < -0.3 is 5.32 Å². The van der Waals surface area contributed by atoms with E-state index in [0.717, 1.165) is 5.56 Å². The smallest absolute Gasteiger partial charge is 0.257 e. The van der Waals surface area contributed by atoms with Gasteiger partial charge in [-0.3, -0.25) is 14.5 Å². The van der Waals surface area contributed by atoms with E-state index in [9.17, 15) is 14.0 Å². The number of thioether (sulfide) groups is 1. The van der Waals surface area contributed by atoms with Gasteiger partial charge in [0.15, 0.2) is 0 Å². The first-order chi connectivity index (χ1) is 14.4. The minimum absolute atomic E-state index is 0.0358. The van der Waals surface area contributed by atoms with E-state index in [-0.39, 0.29) is 28.0 Å². The Kier molecular flexibility index (Phi) is 5.99. The van der Waals surface area contributed by atoms with Crippen LogP contribution in [0.2, 0.25) is 10.0 Å². The summed E-state index contributed by atoms with van der Waals surface area (Å²) in [6.07, 6.45) is 0. The molecule has 4 nitrogen and oxygen atoms in total. The van der Waals surface area contributed by atoms with Gasteiger partial charge in [0.25, 0.3) is 5.91 Å². The molecule has 0 bridgehead atoms.